The van der Waals surface area contributed by atoms with Gasteiger partial charge in [-0.2, -0.15) is 0 Å². The summed E-state index contributed by atoms with van der Waals surface area (Å²) in [6.07, 6.45) is 4.33. The highest BCUT2D eigenvalue weighted by Gasteiger charge is 2.07. The van der Waals surface area contributed by atoms with Crippen molar-refractivity contribution in [1.29, 1.82) is 0 Å². The van der Waals surface area contributed by atoms with Gasteiger partial charge in [0.1, 0.15) is 5.82 Å². The van der Waals surface area contributed by atoms with Gasteiger partial charge in [-0.3, -0.25) is 9.78 Å². The number of nitrogens with zero attached hydrogens (tertiary/aromatic N) is 1. The fourth-order valence-corrected chi connectivity index (χ4v) is 3.07. The molecule has 1 aromatic carbocycles. The summed E-state index contributed by atoms with van der Waals surface area (Å²) in [5.41, 5.74) is 2.94. The Kier molecular flexibility index (Phi) is 4.78. The molecule has 2 aromatic heterocycles. The molecule has 0 bridgehead atoms. The monoisotopic (exact) mass is 326 g/mol. The summed E-state index contributed by atoms with van der Waals surface area (Å²) in [4.78, 5) is 16.0. The van der Waals surface area contributed by atoms with E-state index in [4.69, 9.17) is 0 Å². The van der Waals surface area contributed by atoms with Crippen molar-refractivity contribution in [3.8, 4) is 11.1 Å². The maximum absolute atomic E-state index is 13.1. The number of hydrogen-bond donors (Lipinski definition) is 1. The minimum absolute atomic E-state index is 0.0719. The highest BCUT2D eigenvalue weighted by atomic mass is 32.1. The van der Waals surface area contributed by atoms with Crippen molar-refractivity contribution in [2.45, 2.75) is 12.8 Å². The van der Waals surface area contributed by atoms with Crippen LogP contribution in [0.2, 0.25) is 0 Å². The molecule has 0 aliphatic rings. The molecule has 0 unspecified atom stereocenters. The average molecular weight is 326 g/mol. The lowest BCUT2D eigenvalue weighted by Gasteiger charge is -2.03. The second-order valence-corrected chi connectivity index (χ2v) is 6.02. The highest BCUT2D eigenvalue weighted by molar-refractivity contribution is 7.14. The number of anilines is 1. The molecular weight excluding hydrogens is 311 g/mol. The smallest absolute Gasteiger partial charge is 0.225 e. The van der Waals surface area contributed by atoms with Crippen molar-refractivity contribution in [3.63, 3.8) is 0 Å². The molecule has 0 saturated carbocycles. The van der Waals surface area contributed by atoms with Gasteiger partial charge >= 0.3 is 0 Å². The van der Waals surface area contributed by atoms with E-state index in [9.17, 15) is 9.18 Å². The Hall–Kier alpha value is -2.53. The Bertz CT molecular complexity index is 802. The summed E-state index contributed by atoms with van der Waals surface area (Å²) >= 11 is 1.48. The van der Waals surface area contributed by atoms with E-state index in [2.05, 4.69) is 10.3 Å². The van der Waals surface area contributed by atoms with Crippen LogP contribution >= 0.6 is 11.3 Å². The third kappa shape index (κ3) is 4.23. The molecule has 1 N–H and O–H groups in total. The number of carbonyl (C=O) groups excluding carboxylic acids is 1. The number of aryl methyl sites for hydroxylation is 1. The summed E-state index contributed by atoms with van der Waals surface area (Å²) < 4.78 is 13.1. The van der Waals surface area contributed by atoms with E-state index >= 15 is 0 Å². The number of pyridine rings is 1. The van der Waals surface area contributed by atoms with Crippen LogP contribution in [0.25, 0.3) is 11.1 Å². The van der Waals surface area contributed by atoms with Crippen LogP contribution in [0.3, 0.4) is 0 Å². The first kappa shape index (κ1) is 15.4. The number of aromatic nitrogens is 1. The van der Waals surface area contributed by atoms with Crippen LogP contribution in [-0.2, 0) is 11.2 Å². The molecule has 0 fully saturated rings. The van der Waals surface area contributed by atoms with Crippen LogP contribution in [-0.4, -0.2) is 10.9 Å². The first-order valence-electron chi connectivity index (χ1n) is 7.24. The van der Waals surface area contributed by atoms with Gasteiger partial charge in [0.15, 0.2) is 0 Å². The molecule has 3 nitrogen and oxygen atoms in total. The fraction of sp³-hybridized carbons (Fsp3) is 0.111. The second kappa shape index (κ2) is 7.15. The summed E-state index contributed by atoms with van der Waals surface area (Å²) in [7, 11) is 0. The molecule has 0 atom stereocenters. The van der Waals surface area contributed by atoms with Crippen LogP contribution < -0.4 is 5.32 Å². The largest absolute Gasteiger partial charge is 0.318 e. The van der Waals surface area contributed by atoms with E-state index in [0.717, 1.165) is 21.7 Å². The van der Waals surface area contributed by atoms with Gasteiger partial charge in [0.2, 0.25) is 5.91 Å². The van der Waals surface area contributed by atoms with E-state index in [1.807, 2.05) is 29.6 Å². The normalized spacial score (nSPS) is 10.5. The van der Waals surface area contributed by atoms with Crippen molar-refractivity contribution in [2.24, 2.45) is 0 Å². The maximum Gasteiger partial charge on any atom is 0.225 e. The van der Waals surface area contributed by atoms with Crippen LogP contribution in [0.1, 0.15) is 12.0 Å². The molecule has 116 valence electrons. The number of nitrogens with one attached hydrogen (secondary N) is 1. The van der Waals surface area contributed by atoms with E-state index in [1.54, 1.807) is 18.5 Å². The fourth-order valence-electron chi connectivity index (χ4n) is 2.25. The van der Waals surface area contributed by atoms with Crippen molar-refractivity contribution in [2.75, 3.05) is 5.32 Å². The Morgan fingerprint density at radius 2 is 1.96 bits per heavy atom. The molecule has 5 heteroatoms. The summed E-state index contributed by atoms with van der Waals surface area (Å²) in [5.74, 6) is -0.347. The van der Waals surface area contributed by atoms with Gasteiger partial charge in [-0.05, 0) is 53.4 Å². The number of benzene rings is 1. The zero-order valence-corrected chi connectivity index (χ0v) is 13.1. The molecule has 0 radical (unpaired) electrons. The van der Waals surface area contributed by atoms with Gasteiger partial charge in [0.25, 0.3) is 0 Å². The molecule has 1 amide bonds. The predicted molar refractivity (Wildman–Crippen MR) is 90.9 cm³/mol. The van der Waals surface area contributed by atoms with Gasteiger partial charge in [-0.15, -0.1) is 11.3 Å². The molecule has 3 rings (SSSR count). The van der Waals surface area contributed by atoms with E-state index < -0.39 is 0 Å². The molecule has 0 saturated heterocycles. The summed E-state index contributed by atoms with van der Waals surface area (Å²) in [5, 5.41) is 5.69. The first-order valence-corrected chi connectivity index (χ1v) is 8.12. The lowest BCUT2D eigenvalue weighted by molar-refractivity contribution is -0.116. The molecule has 0 spiro atoms. The Labute approximate surface area is 137 Å². The van der Waals surface area contributed by atoms with Crippen LogP contribution in [0.4, 0.5) is 9.39 Å². The molecule has 2 heterocycles. The van der Waals surface area contributed by atoms with Gasteiger partial charge in [0, 0.05) is 24.2 Å². The van der Waals surface area contributed by atoms with Crippen LogP contribution in [0.15, 0.2) is 60.2 Å². The summed E-state index contributed by atoms with van der Waals surface area (Å²) in [6, 6.07) is 12.1. The Morgan fingerprint density at radius 1 is 1.13 bits per heavy atom. The second-order valence-electron chi connectivity index (χ2n) is 5.11. The molecule has 0 aliphatic heterocycles. The van der Waals surface area contributed by atoms with Gasteiger partial charge < -0.3 is 5.32 Å². The standard InChI is InChI=1S/C18H15FN2OS/c19-16-3-1-2-13(10-16)4-5-17(22)21-18-11-15(12-23-18)14-6-8-20-9-7-14/h1-3,6-12H,4-5H2,(H,21,22). The Balaban J connectivity index is 1.57. The minimum atomic E-state index is -0.275. The summed E-state index contributed by atoms with van der Waals surface area (Å²) in [6.45, 7) is 0. The third-order valence-corrected chi connectivity index (χ3v) is 4.25. The van der Waals surface area contributed by atoms with Gasteiger partial charge in [-0.1, -0.05) is 12.1 Å². The number of hydrogen-bond acceptors (Lipinski definition) is 3. The zero-order valence-electron chi connectivity index (χ0n) is 12.3. The average Bonchev–Trinajstić information content (AvgIpc) is 3.02. The topological polar surface area (TPSA) is 42.0 Å². The lowest BCUT2D eigenvalue weighted by Crippen LogP contribution is -2.11. The number of amides is 1. The SMILES string of the molecule is O=C(CCc1cccc(F)c1)Nc1cc(-c2ccncc2)cs1. The third-order valence-electron chi connectivity index (χ3n) is 3.41. The Morgan fingerprint density at radius 3 is 2.74 bits per heavy atom. The van der Waals surface area contributed by atoms with Crippen molar-refractivity contribution in [1.82, 2.24) is 4.98 Å². The van der Waals surface area contributed by atoms with Crippen LogP contribution in [0.5, 0.6) is 0 Å². The number of rotatable bonds is 5. The van der Waals surface area contributed by atoms with Crippen molar-refractivity contribution < 1.29 is 9.18 Å². The van der Waals surface area contributed by atoms with Gasteiger partial charge in [-0.25, -0.2) is 4.39 Å². The first-order chi connectivity index (χ1) is 11.2. The molecule has 0 aliphatic carbocycles. The number of thiophene rings is 1. The molecule has 23 heavy (non-hydrogen) atoms. The van der Waals surface area contributed by atoms with Crippen LogP contribution in [0, 0.1) is 5.82 Å². The number of halogens is 1. The van der Waals surface area contributed by atoms with E-state index in [0.29, 0.717) is 12.8 Å². The van der Waals surface area contributed by atoms with Crippen molar-refractivity contribution in [3.05, 3.63) is 71.6 Å². The van der Waals surface area contributed by atoms with Gasteiger partial charge in [0.05, 0.1) is 5.00 Å². The maximum atomic E-state index is 13.1. The predicted octanol–water partition coefficient (Wildman–Crippen LogP) is 4.52. The van der Waals surface area contributed by atoms with E-state index in [1.165, 1.54) is 23.5 Å². The molecular formula is C18H15FN2OS. The number of carbonyl (C=O) groups is 1. The molecule has 3 aromatic rings. The lowest BCUT2D eigenvalue weighted by atomic mass is 10.1. The van der Waals surface area contributed by atoms with E-state index in [-0.39, 0.29) is 11.7 Å². The zero-order chi connectivity index (χ0) is 16.1. The quantitative estimate of drug-likeness (QED) is 0.749. The minimum Gasteiger partial charge on any atom is -0.318 e. The highest BCUT2D eigenvalue weighted by Crippen LogP contribution is 2.28. The van der Waals surface area contributed by atoms with Crippen molar-refractivity contribution >= 4 is 22.2 Å².